The van der Waals surface area contributed by atoms with Gasteiger partial charge in [0.05, 0.1) is 11.8 Å². The van der Waals surface area contributed by atoms with Gasteiger partial charge in [0.1, 0.15) is 11.5 Å². The van der Waals surface area contributed by atoms with Crippen molar-refractivity contribution >= 4 is 42.1 Å². The highest BCUT2D eigenvalue weighted by Crippen LogP contribution is 2.25. The zero-order valence-corrected chi connectivity index (χ0v) is 28.5. The maximum Gasteiger partial charge on any atom is 0.219 e. The monoisotopic (exact) mass is 612 g/mol. The number of aliphatic imine (C=N–C) groups is 2. The summed E-state index contributed by atoms with van der Waals surface area (Å²) in [7, 11) is 0. The predicted molar refractivity (Wildman–Crippen MR) is 190 cm³/mol. The Labute approximate surface area is 266 Å². The van der Waals surface area contributed by atoms with Gasteiger partial charge in [-0.3, -0.25) is 19.1 Å². The average molecular weight is 613 g/mol. The molecule has 1 amide bonds. The smallest absolute Gasteiger partial charge is 0.219 e. The summed E-state index contributed by atoms with van der Waals surface area (Å²) in [6, 6.07) is 7.85. The Morgan fingerprint density at radius 3 is 2.56 bits per heavy atom. The molecule has 0 aliphatic carbocycles. The van der Waals surface area contributed by atoms with Gasteiger partial charge in [-0.25, -0.2) is 4.39 Å². The molecular formula is C36H57FN4OS. The van der Waals surface area contributed by atoms with E-state index in [0.717, 1.165) is 82.1 Å². The molecule has 5 nitrogen and oxygen atoms in total. The number of nitrogens with one attached hydrogen (secondary N) is 1. The molecule has 0 radical (unpaired) electrons. The lowest BCUT2D eigenvalue weighted by Crippen LogP contribution is -2.25. The number of benzene rings is 1. The quantitative estimate of drug-likeness (QED) is 0.0579. The minimum absolute atomic E-state index is 0.00491. The number of halogens is 1. The highest BCUT2D eigenvalue weighted by atomic mass is 32.2. The second kappa shape index (κ2) is 24.9. The Hall–Kier alpha value is -2.51. The van der Waals surface area contributed by atoms with Crippen molar-refractivity contribution in [2.75, 3.05) is 26.2 Å². The number of hydrogen-bond donors (Lipinski definition) is 1. The maximum atomic E-state index is 15.8. The van der Waals surface area contributed by atoms with Gasteiger partial charge in [-0.1, -0.05) is 101 Å². The summed E-state index contributed by atoms with van der Waals surface area (Å²) in [4.78, 5) is 20.9. The van der Waals surface area contributed by atoms with Crippen molar-refractivity contribution < 1.29 is 9.18 Å². The lowest BCUT2D eigenvalue weighted by molar-refractivity contribution is -0.121. The molecule has 0 aromatic heterocycles. The van der Waals surface area contributed by atoms with E-state index in [4.69, 9.17) is 4.99 Å². The van der Waals surface area contributed by atoms with Crippen LogP contribution in [0.5, 0.6) is 0 Å². The van der Waals surface area contributed by atoms with Gasteiger partial charge in [0.2, 0.25) is 5.91 Å². The molecule has 7 heteroatoms. The Bertz CT molecular complexity index is 1050. The van der Waals surface area contributed by atoms with Crippen LogP contribution >= 0.6 is 11.9 Å². The first kappa shape index (κ1) is 38.5. The molecule has 1 rings (SSSR count). The zero-order valence-electron chi connectivity index (χ0n) is 27.7. The molecule has 1 aromatic carbocycles. The molecule has 0 bridgehead atoms. The first-order chi connectivity index (χ1) is 20.9. The normalized spacial score (nSPS) is 14.4. The van der Waals surface area contributed by atoms with Crippen LogP contribution in [-0.2, 0) is 4.79 Å². The first-order valence-corrected chi connectivity index (χ1v) is 17.2. The molecule has 43 heavy (non-hydrogen) atoms. The van der Waals surface area contributed by atoms with Crippen molar-refractivity contribution in [2.24, 2.45) is 15.9 Å². The zero-order chi connectivity index (χ0) is 31.7. The Morgan fingerprint density at radius 2 is 1.86 bits per heavy atom. The first-order valence-electron chi connectivity index (χ1n) is 16.4. The molecule has 0 saturated heterocycles. The second-order valence-electron chi connectivity index (χ2n) is 10.9. The third-order valence-electron chi connectivity index (χ3n) is 6.86. The van der Waals surface area contributed by atoms with Crippen molar-refractivity contribution in [3.63, 3.8) is 0 Å². The van der Waals surface area contributed by atoms with Gasteiger partial charge in [-0.05, 0) is 63.5 Å². The summed E-state index contributed by atoms with van der Waals surface area (Å²) in [5.74, 6) is 0.212. The number of unbranched alkanes of at least 4 members (excludes halogenated alkanes) is 2. The molecule has 0 aliphatic rings. The molecule has 0 spiro atoms. The van der Waals surface area contributed by atoms with Gasteiger partial charge in [0, 0.05) is 44.0 Å². The van der Waals surface area contributed by atoms with Crippen LogP contribution in [0.2, 0.25) is 0 Å². The van der Waals surface area contributed by atoms with Crippen LogP contribution < -0.4 is 5.32 Å². The van der Waals surface area contributed by atoms with E-state index in [0.29, 0.717) is 18.0 Å². The summed E-state index contributed by atoms with van der Waals surface area (Å²) in [6.45, 7) is 15.1. The van der Waals surface area contributed by atoms with Crippen LogP contribution in [0.1, 0.15) is 110 Å². The van der Waals surface area contributed by atoms with E-state index in [1.165, 1.54) is 0 Å². The standard InChI is InChI=1S/C36H57FN4OS/c1-7-12-14-21-31-22-17-23-33(26-31)36(34(37)29-38-28-32(18-9-3)20-13-8-2)40-27-30(6)43-41(11-5)25-16-15-24-39-35(42)19-10-4/h7,12,14,17,21-23,26-28,30,32H,8-11,13,15-16,18-20,24-25,29H2,1-6H3,(H,39,42)/b12-7+,21-14-,36-34+,38-28+,40-27-. The third-order valence-corrected chi connectivity index (χ3v) is 8.05. The van der Waals surface area contributed by atoms with Crippen LogP contribution in [0.3, 0.4) is 0 Å². The van der Waals surface area contributed by atoms with Crippen molar-refractivity contribution in [2.45, 2.75) is 105 Å². The molecule has 0 aliphatic heterocycles. The average Bonchev–Trinajstić information content (AvgIpc) is 2.99. The summed E-state index contributed by atoms with van der Waals surface area (Å²) in [6.07, 6.45) is 20.8. The Kier molecular flexibility index (Phi) is 22.3. The van der Waals surface area contributed by atoms with Crippen LogP contribution in [0.25, 0.3) is 11.8 Å². The number of amides is 1. The molecule has 1 N–H and O–H groups in total. The number of carbonyl (C=O) groups excluding carboxylic acids is 1. The van der Waals surface area contributed by atoms with E-state index < -0.39 is 0 Å². The highest BCUT2D eigenvalue weighted by Gasteiger charge is 2.12. The van der Waals surface area contributed by atoms with Gasteiger partial charge >= 0.3 is 0 Å². The molecule has 1 aromatic rings. The minimum Gasteiger partial charge on any atom is -0.356 e. The fourth-order valence-corrected chi connectivity index (χ4v) is 5.51. The Balaban J connectivity index is 3.03. The third kappa shape index (κ3) is 18.0. The lowest BCUT2D eigenvalue weighted by atomic mass is 9.98. The fourth-order valence-electron chi connectivity index (χ4n) is 4.54. The molecule has 2 unspecified atom stereocenters. The van der Waals surface area contributed by atoms with Gasteiger partial charge in [-0.2, -0.15) is 0 Å². The van der Waals surface area contributed by atoms with Crippen LogP contribution in [0.15, 0.2) is 58.3 Å². The molecule has 0 saturated carbocycles. The highest BCUT2D eigenvalue weighted by molar-refractivity contribution is 7.98. The molecule has 0 fully saturated rings. The Morgan fingerprint density at radius 1 is 1.05 bits per heavy atom. The molecule has 2 atom stereocenters. The van der Waals surface area contributed by atoms with Crippen molar-refractivity contribution in [3.8, 4) is 0 Å². The number of nitrogens with zero attached hydrogens (tertiary/aromatic N) is 3. The van der Waals surface area contributed by atoms with Crippen LogP contribution in [0, 0.1) is 5.92 Å². The molecule has 0 heterocycles. The van der Waals surface area contributed by atoms with E-state index in [2.05, 4.69) is 42.3 Å². The SMILES string of the molecule is C/C=C/C=C\c1cccc(C(/N=C\C(C)SN(CC)CCCCNC(=O)CCC)=C(\F)C/N=C/C(CCC)CCCC)c1. The summed E-state index contributed by atoms with van der Waals surface area (Å²) < 4.78 is 18.1. The van der Waals surface area contributed by atoms with Gasteiger partial charge in [-0.15, -0.1) is 0 Å². The van der Waals surface area contributed by atoms with Crippen molar-refractivity contribution in [1.29, 1.82) is 0 Å². The second-order valence-corrected chi connectivity index (χ2v) is 12.3. The van der Waals surface area contributed by atoms with Crippen LogP contribution in [-0.4, -0.2) is 54.1 Å². The van der Waals surface area contributed by atoms with E-state index in [9.17, 15) is 4.79 Å². The summed E-state index contributed by atoms with van der Waals surface area (Å²) >= 11 is 1.72. The number of allylic oxidation sites excluding steroid dienone is 3. The van der Waals surface area contributed by atoms with E-state index in [1.54, 1.807) is 11.9 Å². The van der Waals surface area contributed by atoms with E-state index >= 15 is 4.39 Å². The molecule has 240 valence electrons. The van der Waals surface area contributed by atoms with Crippen molar-refractivity contribution in [1.82, 2.24) is 9.62 Å². The topological polar surface area (TPSA) is 57.1 Å². The van der Waals surface area contributed by atoms with Crippen LogP contribution in [0.4, 0.5) is 4.39 Å². The van der Waals surface area contributed by atoms with Gasteiger partial charge in [0.25, 0.3) is 0 Å². The fraction of sp³-hybridized carbons (Fsp3) is 0.583. The van der Waals surface area contributed by atoms with Gasteiger partial charge in [0.15, 0.2) is 0 Å². The number of hydrogen-bond acceptors (Lipinski definition) is 5. The number of rotatable bonds is 23. The largest absolute Gasteiger partial charge is 0.356 e. The summed E-state index contributed by atoms with van der Waals surface area (Å²) in [5, 5.41) is 3.05. The molecular weight excluding hydrogens is 555 g/mol. The maximum absolute atomic E-state index is 15.8. The lowest BCUT2D eigenvalue weighted by Gasteiger charge is -2.21. The van der Waals surface area contributed by atoms with E-state index in [1.807, 2.05) is 74.8 Å². The van der Waals surface area contributed by atoms with Gasteiger partial charge < -0.3 is 5.32 Å². The predicted octanol–water partition coefficient (Wildman–Crippen LogP) is 9.72. The van der Waals surface area contributed by atoms with E-state index in [-0.39, 0.29) is 23.5 Å². The van der Waals surface area contributed by atoms with Crippen molar-refractivity contribution in [3.05, 3.63) is 59.4 Å². The minimum atomic E-state index is -0.317. The number of carbonyl (C=O) groups is 1. The summed E-state index contributed by atoms with van der Waals surface area (Å²) in [5.41, 5.74) is 2.09.